The average Bonchev–Trinajstić information content (AvgIpc) is 2.60. The number of carbonyl (C=O) groups is 3. The van der Waals surface area contributed by atoms with Gasteiger partial charge in [0, 0.05) is 17.2 Å². The normalized spacial score (nSPS) is 15.1. The van der Waals surface area contributed by atoms with E-state index in [1.165, 1.54) is 19.9 Å². The van der Waals surface area contributed by atoms with Gasteiger partial charge < -0.3 is 29.9 Å². The van der Waals surface area contributed by atoms with E-state index in [1.807, 2.05) is 0 Å². The average molecular weight is 416 g/mol. The number of benzene rings is 1. The summed E-state index contributed by atoms with van der Waals surface area (Å²) < 4.78 is 10.2. The SMILES string of the molecule is C=C(C)C(=O)OC1(OC(=O)C(=C)C)C=C(O)C(C(=O)c2c(O)cccc2O)=C(O)C1. The van der Waals surface area contributed by atoms with Gasteiger partial charge in [-0.2, -0.15) is 0 Å². The molecule has 158 valence electrons. The third-order valence-corrected chi connectivity index (χ3v) is 4.02. The molecule has 4 N–H and O–H groups in total. The van der Waals surface area contributed by atoms with Gasteiger partial charge in [0.15, 0.2) is 0 Å². The van der Waals surface area contributed by atoms with Crippen molar-refractivity contribution in [2.45, 2.75) is 26.1 Å². The number of ketones is 1. The van der Waals surface area contributed by atoms with Crippen LogP contribution in [-0.2, 0) is 19.1 Å². The Hall–Kier alpha value is -4.01. The number of esters is 2. The summed E-state index contributed by atoms with van der Waals surface area (Å²) in [6, 6.07) is 3.54. The number of rotatable bonds is 6. The van der Waals surface area contributed by atoms with Gasteiger partial charge in [-0.15, -0.1) is 0 Å². The molecule has 1 aliphatic rings. The molecule has 0 saturated heterocycles. The van der Waals surface area contributed by atoms with Gasteiger partial charge in [-0.05, 0) is 26.0 Å². The minimum Gasteiger partial charge on any atom is -0.511 e. The Labute approximate surface area is 171 Å². The maximum absolute atomic E-state index is 12.8. The largest absolute Gasteiger partial charge is 0.511 e. The summed E-state index contributed by atoms with van der Waals surface area (Å²) in [5, 5.41) is 40.6. The molecule has 30 heavy (non-hydrogen) atoms. The third-order valence-electron chi connectivity index (χ3n) is 4.02. The van der Waals surface area contributed by atoms with Crippen molar-refractivity contribution in [3.63, 3.8) is 0 Å². The predicted molar refractivity (Wildman–Crippen MR) is 104 cm³/mol. The van der Waals surface area contributed by atoms with Crippen LogP contribution in [0.2, 0.25) is 0 Å². The number of allylic oxidation sites excluding steroid dienone is 1. The van der Waals surface area contributed by atoms with Crippen molar-refractivity contribution in [1.29, 1.82) is 0 Å². The van der Waals surface area contributed by atoms with Crippen LogP contribution in [0.1, 0.15) is 30.6 Å². The van der Waals surface area contributed by atoms with Crippen LogP contribution in [0.5, 0.6) is 11.5 Å². The monoisotopic (exact) mass is 416 g/mol. The fourth-order valence-corrected chi connectivity index (χ4v) is 2.57. The van der Waals surface area contributed by atoms with Crippen molar-refractivity contribution in [2.75, 3.05) is 0 Å². The molecular formula is C21H20O9. The molecule has 0 heterocycles. The van der Waals surface area contributed by atoms with E-state index in [9.17, 15) is 34.8 Å². The summed E-state index contributed by atoms with van der Waals surface area (Å²) in [4.78, 5) is 36.8. The molecule has 0 spiro atoms. The molecule has 1 aliphatic carbocycles. The molecule has 9 nitrogen and oxygen atoms in total. The molecule has 9 heteroatoms. The van der Waals surface area contributed by atoms with Crippen molar-refractivity contribution in [1.82, 2.24) is 0 Å². The topological polar surface area (TPSA) is 151 Å². The van der Waals surface area contributed by atoms with Crippen LogP contribution in [0.25, 0.3) is 0 Å². The third kappa shape index (κ3) is 4.35. The molecule has 0 aromatic heterocycles. The number of aromatic hydroxyl groups is 2. The van der Waals surface area contributed by atoms with E-state index in [0.717, 1.165) is 18.2 Å². The summed E-state index contributed by atoms with van der Waals surface area (Å²) >= 11 is 0. The fraction of sp³-hybridized carbons (Fsp3) is 0.190. The lowest BCUT2D eigenvalue weighted by Crippen LogP contribution is -2.42. The molecule has 0 amide bonds. The van der Waals surface area contributed by atoms with Crippen molar-refractivity contribution in [3.8, 4) is 11.5 Å². The molecule has 0 unspecified atom stereocenters. The second kappa shape index (κ2) is 8.16. The number of hydrogen-bond acceptors (Lipinski definition) is 9. The minimum atomic E-state index is -2.29. The molecule has 0 fully saturated rings. The van der Waals surface area contributed by atoms with Crippen molar-refractivity contribution < 1.29 is 44.3 Å². The Morgan fingerprint density at radius 3 is 1.80 bits per heavy atom. The number of aliphatic hydroxyl groups excluding tert-OH is 2. The number of Topliss-reactive ketones (excluding diaryl/α,β-unsaturated/α-hetero) is 1. The molecule has 1 aromatic carbocycles. The maximum Gasteiger partial charge on any atom is 0.336 e. The van der Waals surface area contributed by atoms with Gasteiger partial charge in [-0.3, -0.25) is 4.79 Å². The number of carbonyl (C=O) groups excluding carboxylic acids is 3. The van der Waals surface area contributed by atoms with E-state index in [1.54, 1.807) is 0 Å². The second-order valence-corrected chi connectivity index (χ2v) is 6.68. The molecule has 0 bridgehead atoms. The quantitative estimate of drug-likeness (QED) is 0.237. The van der Waals surface area contributed by atoms with Crippen LogP contribution in [0, 0.1) is 0 Å². The lowest BCUT2D eigenvalue weighted by Gasteiger charge is -2.33. The first-order valence-corrected chi connectivity index (χ1v) is 8.56. The van der Waals surface area contributed by atoms with Crippen molar-refractivity contribution in [3.05, 3.63) is 71.2 Å². The van der Waals surface area contributed by atoms with Crippen LogP contribution in [0.15, 0.2) is 65.7 Å². The molecule has 0 atom stereocenters. The highest BCUT2D eigenvalue weighted by Gasteiger charge is 2.45. The molecule has 0 aliphatic heterocycles. The first kappa shape index (κ1) is 22.3. The summed E-state index contributed by atoms with van der Waals surface area (Å²) in [7, 11) is 0. The number of aliphatic hydroxyl groups is 2. The van der Waals surface area contributed by atoms with Gasteiger partial charge in [-0.25, -0.2) is 9.59 Å². The number of phenolic OH excluding ortho intramolecular Hbond substituents is 2. The minimum absolute atomic E-state index is 0.0573. The van der Waals surface area contributed by atoms with Gasteiger partial charge in [0.25, 0.3) is 5.79 Å². The van der Waals surface area contributed by atoms with Gasteiger partial charge in [0.05, 0.1) is 6.42 Å². The zero-order chi connectivity index (χ0) is 22.8. The number of hydrogen-bond donors (Lipinski definition) is 4. The van der Waals surface area contributed by atoms with E-state index in [0.29, 0.717) is 0 Å². The first-order chi connectivity index (χ1) is 13.9. The molecule has 1 aromatic rings. The predicted octanol–water partition coefficient (Wildman–Crippen LogP) is 2.87. The van der Waals surface area contributed by atoms with E-state index >= 15 is 0 Å². The van der Waals surface area contributed by atoms with Crippen molar-refractivity contribution in [2.24, 2.45) is 0 Å². The van der Waals surface area contributed by atoms with Crippen LogP contribution < -0.4 is 0 Å². The van der Waals surface area contributed by atoms with Gasteiger partial charge in [0.1, 0.15) is 34.2 Å². The maximum atomic E-state index is 12.8. The smallest absolute Gasteiger partial charge is 0.336 e. The molecular weight excluding hydrogens is 396 g/mol. The number of ether oxygens (including phenoxy) is 2. The Bertz CT molecular complexity index is 979. The van der Waals surface area contributed by atoms with Gasteiger partial charge in [0.2, 0.25) is 5.78 Å². The van der Waals surface area contributed by atoms with Crippen LogP contribution in [0.3, 0.4) is 0 Å². The van der Waals surface area contributed by atoms with Crippen LogP contribution >= 0.6 is 0 Å². The lowest BCUT2D eigenvalue weighted by molar-refractivity contribution is -0.208. The van der Waals surface area contributed by atoms with Crippen molar-refractivity contribution >= 4 is 17.7 Å². The highest BCUT2D eigenvalue weighted by Crippen LogP contribution is 2.38. The Morgan fingerprint density at radius 2 is 1.40 bits per heavy atom. The summed E-state index contributed by atoms with van der Waals surface area (Å²) in [6.07, 6.45) is 0.0171. The van der Waals surface area contributed by atoms with Crippen LogP contribution in [-0.4, -0.2) is 43.9 Å². The Kier molecular flexibility index (Phi) is 6.06. The Balaban J connectivity index is 2.53. The molecule has 0 saturated carbocycles. The van der Waals surface area contributed by atoms with E-state index in [4.69, 9.17) is 9.47 Å². The molecule has 2 rings (SSSR count). The summed E-state index contributed by atoms with van der Waals surface area (Å²) in [5.74, 6) is -8.28. The lowest BCUT2D eigenvalue weighted by atomic mass is 9.91. The van der Waals surface area contributed by atoms with Gasteiger partial charge in [-0.1, -0.05) is 19.2 Å². The summed E-state index contributed by atoms with van der Waals surface area (Å²) in [6.45, 7) is 9.47. The number of phenols is 2. The fourth-order valence-electron chi connectivity index (χ4n) is 2.57. The first-order valence-electron chi connectivity index (χ1n) is 8.56. The zero-order valence-electron chi connectivity index (χ0n) is 16.3. The van der Waals surface area contributed by atoms with E-state index < -0.39 is 64.1 Å². The standard InChI is InChI=1S/C21H20O9/c1-10(2)19(27)29-21(30-20(28)11(3)4)8-14(24)17(15(25)9-21)18(26)16-12(22)6-5-7-13(16)23/h5-8,22-25H,1,3,9H2,2,4H3. The van der Waals surface area contributed by atoms with E-state index in [2.05, 4.69) is 13.2 Å². The second-order valence-electron chi connectivity index (χ2n) is 6.68. The molecule has 0 radical (unpaired) electrons. The summed E-state index contributed by atoms with van der Waals surface area (Å²) in [5.41, 5.74) is -1.36. The van der Waals surface area contributed by atoms with Gasteiger partial charge >= 0.3 is 11.9 Å². The van der Waals surface area contributed by atoms with E-state index in [-0.39, 0.29) is 11.1 Å². The Morgan fingerprint density at radius 1 is 0.933 bits per heavy atom. The van der Waals surface area contributed by atoms with Crippen LogP contribution in [0.4, 0.5) is 0 Å². The highest BCUT2D eigenvalue weighted by atomic mass is 16.7. The zero-order valence-corrected chi connectivity index (χ0v) is 16.3. The highest BCUT2D eigenvalue weighted by molar-refractivity contribution is 6.14.